The van der Waals surface area contributed by atoms with E-state index in [4.69, 9.17) is 14.2 Å². The van der Waals surface area contributed by atoms with Gasteiger partial charge in [-0.3, -0.25) is 4.79 Å². The first-order valence-electron chi connectivity index (χ1n) is 7.76. The van der Waals surface area contributed by atoms with Crippen LogP contribution in [0.15, 0.2) is 24.3 Å². The number of pyridine rings is 1. The highest BCUT2D eigenvalue weighted by Crippen LogP contribution is 2.38. The Morgan fingerprint density at radius 1 is 1.08 bits per heavy atom. The van der Waals surface area contributed by atoms with Gasteiger partial charge >= 0.3 is 0 Å². The number of carbonyl (C=O) groups is 1. The van der Waals surface area contributed by atoms with Crippen molar-refractivity contribution in [1.82, 2.24) is 10.3 Å². The van der Waals surface area contributed by atoms with Crippen molar-refractivity contribution < 1.29 is 19.0 Å². The predicted molar refractivity (Wildman–Crippen MR) is 95.8 cm³/mol. The summed E-state index contributed by atoms with van der Waals surface area (Å²) in [6.45, 7) is 2.26. The van der Waals surface area contributed by atoms with Gasteiger partial charge in [0.2, 0.25) is 5.75 Å². The molecule has 0 spiro atoms. The lowest BCUT2D eigenvalue weighted by Gasteiger charge is -2.14. The smallest absolute Gasteiger partial charge is 0.251 e. The SMILES string of the molecule is CNc1nc(C)ccc1CNC(=O)c1cc(OC)c(OC)c(OC)c1. The number of nitrogens with zero attached hydrogens (tertiary/aromatic N) is 1. The topological polar surface area (TPSA) is 81.7 Å². The molecule has 0 fully saturated rings. The number of rotatable bonds is 7. The molecule has 1 amide bonds. The summed E-state index contributed by atoms with van der Waals surface area (Å²) in [6, 6.07) is 7.07. The highest BCUT2D eigenvalue weighted by molar-refractivity contribution is 5.95. The Balaban J connectivity index is 2.21. The van der Waals surface area contributed by atoms with Crippen molar-refractivity contribution in [1.29, 1.82) is 0 Å². The first-order valence-corrected chi connectivity index (χ1v) is 7.76. The third-order valence-corrected chi connectivity index (χ3v) is 3.72. The minimum Gasteiger partial charge on any atom is -0.493 e. The molecule has 7 heteroatoms. The van der Waals surface area contributed by atoms with Crippen molar-refractivity contribution in [2.75, 3.05) is 33.7 Å². The van der Waals surface area contributed by atoms with Crippen molar-refractivity contribution in [3.8, 4) is 17.2 Å². The van der Waals surface area contributed by atoms with Crippen LogP contribution in [0.5, 0.6) is 17.2 Å². The molecule has 0 aliphatic heterocycles. The molecule has 0 saturated carbocycles. The molecule has 1 heterocycles. The first-order chi connectivity index (χ1) is 12.0. The van der Waals surface area contributed by atoms with Crippen molar-refractivity contribution in [2.45, 2.75) is 13.5 Å². The Morgan fingerprint density at radius 2 is 1.72 bits per heavy atom. The number of amides is 1. The summed E-state index contributed by atoms with van der Waals surface area (Å²) in [5.74, 6) is 1.80. The van der Waals surface area contributed by atoms with Crippen LogP contribution >= 0.6 is 0 Å². The summed E-state index contributed by atoms with van der Waals surface area (Å²) in [7, 11) is 6.34. The van der Waals surface area contributed by atoms with Crippen molar-refractivity contribution in [3.05, 3.63) is 41.1 Å². The maximum Gasteiger partial charge on any atom is 0.251 e. The summed E-state index contributed by atoms with van der Waals surface area (Å²) in [5, 5.41) is 5.91. The Kier molecular flexibility index (Phi) is 6.05. The van der Waals surface area contributed by atoms with Gasteiger partial charge < -0.3 is 24.8 Å². The van der Waals surface area contributed by atoms with E-state index < -0.39 is 0 Å². The molecule has 134 valence electrons. The molecule has 0 bridgehead atoms. The van der Waals surface area contributed by atoms with Crippen molar-refractivity contribution in [3.63, 3.8) is 0 Å². The summed E-state index contributed by atoms with van der Waals surface area (Å²) in [6.07, 6.45) is 0. The Bertz CT molecular complexity index is 737. The van der Waals surface area contributed by atoms with Gasteiger partial charge in [-0.25, -0.2) is 4.98 Å². The van der Waals surface area contributed by atoms with E-state index in [-0.39, 0.29) is 5.91 Å². The fraction of sp³-hybridized carbons (Fsp3) is 0.333. The molecular formula is C18H23N3O4. The van der Waals surface area contributed by atoms with E-state index >= 15 is 0 Å². The second-order valence-electron chi connectivity index (χ2n) is 5.31. The third kappa shape index (κ3) is 4.12. The quantitative estimate of drug-likeness (QED) is 0.802. The van der Waals surface area contributed by atoms with Gasteiger partial charge in [0.25, 0.3) is 5.91 Å². The third-order valence-electron chi connectivity index (χ3n) is 3.72. The van der Waals surface area contributed by atoms with Gasteiger partial charge in [0.15, 0.2) is 11.5 Å². The number of aryl methyl sites for hydroxylation is 1. The number of benzene rings is 1. The number of ether oxygens (including phenoxy) is 3. The molecule has 2 rings (SSSR count). The Morgan fingerprint density at radius 3 is 2.24 bits per heavy atom. The highest BCUT2D eigenvalue weighted by Gasteiger charge is 2.17. The zero-order chi connectivity index (χ0) is 18.4. The highest BCUT2D eigenvalue weighted by atomic mass is 16.5. The van der Waals surface area contributed by atoms with Gasteiger partial charge in [-0.1, -0.05) is 6.07 Å². The van der Waals surface area contributed by atoms with Crippen LogP contribution in [-0.2, 0) is 6.54 Å². The molecule has 0 aliphatic rings. The van der Waals surface area contributed by atoms with E-state index in [0.717, 1.165) is 17.1 Å². The van der Waals surface area contributed by atoms with Gasteiger partial charge in [0.1, 0.15) is 5.82 Å². The molecule has 0 unspecified atom stereocenters. The number of methoxy groups -OCH3 is 3. The van der Waals surface area contributed by atoms with Crippen LogP contribution in [0.4, 0.5) is 5.82 Å². The van der Waals surface area contributed by atoms with Gasteiger partial charge in [0.05, 0.1) is 21.3 Å². The average Bonchev–Trinajstić information content (AvgIpc) is 2.65. The average molecular weight is 345 g/mol. The maximum absolute atomic E-state index is 12.5. The maximum atomic E-state index is 12.5. The van der Waals surface area contributed by atoms with Crippen LogP contribution in [-0.4, -0.2) is 39.3 Å². The van der Waals surface area contributed by atoms with Gasteiger partial charge in [0, 0.05) is 30.4 Å². The molecule has 0 saturated heterocycles. The van der Waals surface area contributed by atoms with Crippen LogP contribution in [0.25, 0.3) is 0 Å². The number of hydrogen-bond donors (Lipinski definition) is 2. The van der Waals surface area contributed by atoms with Crippen LogP contribution in [0.2, 0.25) is 0 Å². The van der Waals surface area contributed by atoms with Gasteiger partial charge in [-0.05, 0) is 25.1 Å². The van der Waals surface area contributed by atoms with E-state index in [9.17, 15) is 4.79 Å². The van der Waals surface area contributed by atoms with Gasteiger partial charge in [-0.15, -0.1) is 0 Å². The van der Waals surface area contributed by atoms with Crippen molar-refractivity contribution in [2.24, 2.45) is 0 Å². The molecule has 7 nitrogen and oxygen atoms in total. The zero-order valence-electron chi connectivity index (χ0n) is 15.1. The lowest BCUT2D eigenvalue weighted by molar-refractivity contribution is 0.0950. The van der Waals surface area contributed by atoms with E-state index in [0.29, 0.717) is 29.4 Å². The number of aromatic nitrogens is 1. The van der Waals surface area contributed by atoms with E-state index in [1.807, 2.05) is 19.1 Å². The monoisotopic (exact) mass is 345 g/mol. The number of carbonyl (C=O) groups excluding carboxylic acids is 1. The minimum absolute atomic E-state index is 0.248. The first kappa shape index (κ1) is 18.4. The Hall–Kier alpha value is -2.96. The zero-order valence-corrected chi connectivity index (χ0v) is 15.1. The second-order valence-corrected chi connectivity index (χ2v) is 5.31. The predicted octanol–water partition coefficient (Wildman–Crippen LogP) is 2.39. The summed E-state index contributed by atoms with van der Waals surface area (Å²) in [5.41, 5.74) is 2.22. The normalized spacial score (nSPS) is 10.1. The van der Waals surface area contributed by atoms with Crippen LogP contribution in [0.1, 0.15) is 21.6 Å². The summed E-state index contributed by atoms with van der Waals surface area (Å²) >= 11 is 0. The van der Waals surface area contributed by atoms with Crippen LogP contribution in [0.3, 0.4) is 0 Å². The molecule has 25 heavy (non-hydrogen) atoms. The standard InChI is InChI=1S/C18H23N3O4/c1-11-6-7-12(17(19-2)21-11)10-20-18(22)13-8-14(23-3)16(25-5)15(9-13)24-4/h6-9H,10H2,1-5H3,(H,19,21)(H,20,22). The molecule has 0 aliphatic carbocycles. The molecule has 0 atom stereocenters. The molecule has 1 aromatic carbocycles. The summed E-state index contributed by atoms with van der Waals surface area (Å²) in [4.78, 5) is 16.9. The second kappa shape index (κ2) is 8.23. The largest absolute Gasteiger partial charge is 0.493 e. The number of anilines is 1. The molecule has 2 N–H and O–H groups in total. The van der Waals surface area contributed by atoms with E-state index in [1.54, 1.807) is 19.2 Å². The molecular weight excluding hydrogens is 322 g/mol. The summed E-state index contributed by atoms with van der Waals surface area (Å²) < 4.78 is 15.8. The minimum atomic E-state index is -0.248. The lowest BCUT2D eigenvalue weighted by atomic mass is 10.1. The van der Waals surface area contributed by atoms with E-state index in [2.05, 4.69) is 15.6 Å². The fourth-order valence-corrected chi connectivity index (χ4v) is 2.43. The molecule has 2 aromatic rings. The molecule has 0 radical (unpaired) electrons. The number of hydrogen-bond acceptors (Lipinski definition) is 6. The van der Waals surface area contributed by atoms with E-state index in [1.165, 1.54) is 21.3 Å². The van der Waals surface area contributed by atoms with Crippen LogP contribution < -0.4 is 24.8 Å². The van der Waals surface area contributed by atoms with Gasteiger partial charge in [-0.2, -0.15) is 0 Å². The lowest BCUT2D eigenvalue weighted by Crippen LogP contribution is -2.23. The van der Waals surface area contributed by atoms with Crippen LogP contribution in [0, 0.1) is 6.92 Å². The fourth-order valence-electron chi connectivity index (χ4n) is 2.43. The number of nitrogens with one attached hydrogen (secondary N) is 2. The molecule has 1 aromatic heterocycles. The Labute approximate surface area is 147 Å². The van der Waals surface area contributed by atoms with Crippen molar-refractivity contribution >= 4 is 11.7 Å².